The molecule has 162 valence electrons. The van der Waals surface area contributed by atoms with Gasteiger partial charge in [-0.3, -0.25) is 14.0 Å². The fraction of sp³-hybridized carbons (Fsp3) is 0.364. The summed E-state index contributed by atoms with van der Waals surface area (Å²) in [6.45, 7) is 0.348. The molecule has 2 aromatic heterocycles. The molecule has 3 heterocycles. The number of pyridine rings is 1. The first-order valence-corrected chi connectivity index (χ1v) is 10.1. The second kappa shape index (κ2) is 8.43. The topological polar surface area (TPSA) is 96.8 Å². The molecule has 1 aliphatic heterocycles. The molecule has 0 radical (unpaired) electrons. The van der Waals surface area contributed by atoms with Crippen molar-refractivity contribution in [2.45, 2.75) is 24.6 Å². The van der Waals surface area contributed by atoms with Gasteiger partial charge in [0.05, 0.1) is 12.5 Å². The van der Waals surface area contributed by atoms with Crippen LogP contribution in [0.1, 0.15) is 17.9 Å². The minimum absolute atomic E-state index is 0.0277. The third-order valence-corrected chi connectivity index (χ3v) is 5.69. The molecular weight excluding hydrogens is 399 g/mol. The normalized spacial score (nSPS) is 18.2. The Morgan fingerprint density at radius 1 is 1.16 bits per heavy atom. The lowest BCUT2D eigenvalue weighted by Gasteiger charge is -2.28. The number of benzene rings is 1. The highest BCUT2D eigenvalue weighted by Crippen LogP contribution is 2.27. The Hall–Kier alpha value is -3.33. The number of aromatic nitrogens is 3. The first kappa shape index (κ1) is 20.9. The van der Waals surface area contributed by atoms with Crippen LogP contribution < -0.4 is 5.73 Å². The number of carbonyl (C=O) groups excluding carboxylic acids is 2. The number of halogens is 1. The largest absolute Gasteiger partial charge is 0.348 e. The number of amides is 2. The molecule has 0 aliphatic carbocycles. The van der Waals surface area contributed by atoms with E-state index in [1.807, 2.05) is 47.0 Å². The van der Waals surface area contributed by atoms with Crippen molar-refractivity contribution in [1.82, 2.24) is 24.4 Å². The van der Waals surface area contributed by atoms with Crippen LogP contribution >= 0.6 is 0 Å². The zero-order chi connectivity index (χ0) is 22.1. The van der Waals surface area contributed by atoms with E-state index in [2.05, 4.69) is 10.2 Å². The van der Waals surface area contributed by atoms with E-state index < -0.39 is 24.0 Å². The van der Waals surface area contributed by atoms with Gasteiger partial charge in [-0.15, -0.1) is 10.2 Å². The summed E-state index contributed by atoms with van der Waals surface area (Å²) in [5.74, 6) is -1.52. The van der Waals surface area contributed by atoms with Crippen LogP contribution in [0.25, 0.3) is 16.8 Å². The Morgan fingerprint density at radius 2 is 1.87 bits per heavy atom. The van der Waals surface area contributed by atoms with E-state index in [0.717, 1.165) is 16.8 Å². The molecular formula is C22H25FN6O2. The van der Waals surface area contributed by atoms with Crippen molar-refractivity contribution in [2.75, 3.05) is 27.2 Å². The predicted octanol–water partition coefficient (Wildman–Crippen LogP) is 1.47. The summed E-state index contributed by atoms with van der Waals surface area (Å²) in [6, 6.07) is 10.1. The minimum Gasteiger partial charge on any atom is -0.348 e. The monoisotopic (exact) mass is 424 g/mol. The fourth-order valence-corrected chi connectivity index (χ4v) is 3.93. The van der Waals surface area contributed by atoms with Crippen molar-refractivity contribution in [1.29, 1.82) is 0 Å². The van der Waals surface area contributed by atoms with Crippen LogP contribution in [0.2, 0.25) is 0 Å². The van der Waals surface area contributed by atoms with Crippen LogP contribution in [-0.4, -0.2) is 75.6 Å². The number of nitrogens with zero attached hydrogens (tertiary/aromatic N) is 5. The Labute approximate surface area is 179 Å². The van der Waals surface area contributed by atoms with E-state index in [1.54, 1.807) is 20.4 Å². The average Bonchev–Trinajstić information content (AvgIpc) is 3.41. The molecule has 1 aliphatic rings. The van der Waals surface area contributed by atoms with E-state index in [1.165, 1.54) is 9.80 Å². The molecule has 0 bridgehead atoms. The molecule has 2 amide bonds. The van der Waals surface area contributed by atoms with E-state index in [0.29, 0.717) is 18.5 Å². The van der Waals surface area contributed by atoms with Gasteiger partial charge in [0.1, 0.15) is 18.5 Å². The highest BCUT2D eigenvalue weighted by atomic mass is 19.1. The van der Waals surface area contributed by atoms with Gasteiger partial charge in [0.25, 0.3) is 0 Å². The quantitative estimate of drug-likeness (QED) is 0.669. The Bertz CT molecular complexity index is 1100. The highest BCUT2D eigenvalue weighted by Gasteiger charge is 2.37. The maximum Gasteiger partial charge on any atom is 0.240 e. The summed E-state index contributed by atoms with van der Waals surface area (Å²) in [4.78, 5) is 28.6. The third kappa shape index (κ3) is 4.13. The van der Waals surface area contributed by atoms with Crippen LogP contribution in [0.4, 0.5) is 4.39 Å². The van der Waals surface area contributed by atoms with Crippen molar-refractivity contribution >= 4 is 17.5 Å². The number of fused-ring (bicyclic) bond motifs is 1. The molecule has 0 saturated carbocycles. The van der Waals surface area contributed by atoms with Gasteiger partial charge in [-0.05, 0) is 35.2 Å². The van der Waals surface area contributed by atoms with E-state index >= 15 is 0 Å². The number of likely N-dealkylation sites (N-methyl/N-ethyl adjacent to an activating group) is 1. The van der Waals surface area contributed by atoms with Crippen LogP contribution in [0.15, 0.2) is 48.9 Å². The van der Waals surface area contributed by atoms with Gasteiger partial charge in [-0.2, -0.15) is 0 Å². The lowest BCUT2D eigenvalue weighted by Crippen LogP contribution is -2.50. The van der Waals surface area contributed by atoms with Crippen LogP contribution in [0.3, 0.4) is 0 Å². The summed E-state index contributed by atoms with van der Waals surface area (Å²) in [5.41, 5.74) is 9.57. The second-order valence-electron chi connectivity index (χ2n) is 8.04. The van der Waals surface area contributed by atoms with Gasteiger partial charge in [-0.1, -0.05) is 24.3 Å². The van der Waals surface area contributed by atoms with Gasteiger partial charge in [-0.25, -0.2) is 4.39 Å². The number of carbonyl (C=O) groups is 2. The molecule has 2 N–H and O–H groups in total. The van der Waals surface area contributed by atoms with Crippen molar-refractivity contribution in [3.63, 3.8) is 0 Å². The van der Waals surface area contributed by atoms with Crippen molar-refractivity contribution in [3.05, 3.63) is 54.5 Å². The van der Waals surface area contributed by atoms with Crippen molar-refractivity contribution in [2.24, 2.45) is 5.73 Å². The minimum atomic E-state index is -1.08. The van der Waals surface area contributed by atoms with Gasteiger partial charge in [0.15, 0.2) is 5.65 Å². The number of alkyl halides is 1. The number of likely N-dealkylation sites (tertiary alicyclic amines) is 1. The summed E-state index contributed by atoms with van der Waals surface area (Å²) >= 11 is 0. The zero-order valence-corrected chi connectivity index (χ0v) is 17.5. The molecule has 1 saturated heterocycles. The molecule has 31 heavy (non-hydrogen) atoms. The smallest absolute Gasteiger partial charge is 0.240 e. The summed E-state index contributed by atoms with van der Waals surface area (Å²) < 4.78 is 15.4. The lowest BCUT2D eigenvalue weighted by atomic mass is 9.88. The fourth-order valence-electron chi connectivity index (χ4n) is 3.93. The van der Waals surface area contributed by atoms with Crippen molar-refractivity contribution < 1.29 is 14.0 Å². The summed E-state index contributed by atoms with van der Waals surface area (Å²) in [6.07, 6.45) is 2.81. The predicted molar refractivity (Wildman–Crippen MR) is 114 cm³/mol. The average molecular weight is 424 g/mol. The standard InChI is InChI=1S/C22H25FN6O2/c1-27(2)21(30)19(20(24)22(31)28-10-9-17(23)12-28)15-5-3-14(4-6-15)16-7-8-18-26-25-13-29(18)11-16/h3-8,11,13,17,19-20H,9-10,12,24H2,1-2H3/t17-,19-,20-/m0/s1. The van der Waals surface area contributed by atoms with Crippen LogP contribution in [0.5, 0.6) is 0 Å². The van der Waals surface area contributed by atoms with E-state index in [-0.39, 0.29) is 12.5 Å². The van der Waals surface area contributed by atoms with E-state index in [4.69, 9.17) is 5.73 Å². The number of hydrogen-bond acceptors (Lipinski definition) is 5. The Morgan fingerprint density at radius 3 is 2.52 bits per heavy atom. The third-order valence-electron chi connectivity index (χ3n) is 5.69. The Balaban J connectivity index is 1.62. The number of hydrogen-bond donors (Lipinski definition) is 1. The molecule has 1 aromatic carbocycles. The van der Waals surface area contributed by atoms with Gasteiger partial charge < -0.3 is 15.5 Å². The molecule has 4 rings (SSSR count). The van der Waals surface area contributed by atoms with Gasteiger partial charge in [0.2, 0.25) is 11.8 Å². The molecule has 1 fully saturated rings. The SMILES string of the molecule is CN(C)C(=O)[C@@H](c1ccc(-c2ccc3nncn3c2)cc1)[C@H](N)C(=O)N1CC[C@H](F)C1. The number of rotatable bonds is 5. The van der Waals surface area contributed by atoms with E-state index in [9.17, 15) is 14.0 Å². The molecule has 8 nitrogen and oxygen atoms in total. The van der Waals surface area contributed by atoms with Crippen molar-refractivity contribution in [3.8, 4) is 11.1 Å². The molecule has 0 unspecified atom stereocenters. The van der Waals surface area contributed by atoms with Crippen LogP contribution in [0, 0.1) is 0 Å². The van der Waals surface area contributed by atoms with Crippen LogP contribution in [-0.2, 0) is 9.59 Å². The maximum absolute atomic E-state index is 13.6. The Kier molecular flexibility index (Phi) is 5.69. The zero-order valence-electron chi connectivity index (χ0n) is 17.5. The highest BCUT2D eigenvalue weighted by molar-refractivity contribution is 5.93. The second-order valence-corrected chi connectivity index (χ2v) is 8.04. The summed E-state index contributed by atoms with van der Waals surface area (Å²) in [5, 5.41) is 7.88. The lowest BCUT2D eigenvalue weighted by molar-refractivity contribution is -0.138. The first-order valence-electron chi connectivity index (χ1n) is 10.1. The number of nitrogens with two attached hydrogens (primary N) is 1. The molecule has 9 heteroatoms. The summed E-state index contributed by atoms with van der Waals surface area (Å²) in [7, 11) is 3.26. The van der Waals surface area contributed by atoms with Gasteiger partial charge >= 0.3 is 0 Å². The van der Waals surface area contributed by atoms with Gasteiger partial charge in [0, 0.05) is 26.8 Å². The molecule has 3 atom stereocenters. The molecule has 3 aromatic rings. The maximum atomic E-state index is 13.6. The first-order chi connectivity index (χ1) is 14.8. The molecule has 0 spiro atoms.